The van der Waals surface area contributed by atoms with Crippen LogP contribution in [0.15, 0.2) is 23.1 Å². The molecule has 0 fully saturated rings. The van der Waals surface area contributed by atoms with Crippen molar-refractivity contribution in [3.05, 3.63) is 29.6 Å². The monoisotopic (exact) mass is 361 g/mol. The summed E-state index contributed by atoms with van der Waals surface area (Å²) >= 11 is 0. The van der Waals surface area contributed by atoms with Crippen LogP contribution < -0.4 is 4.72 Å². The first-order valence-electron chi connectivity index (χ1n) is 7.17. The smallest absolute Gasteiger partial charge is 0.321 e. The van der Waals surface area contributed by atoms with Crippen molar-refractivity contribution in [1.29, 1.82) is 0 Å². The van der Waals surface area contributed by atoms with Crippen LogP contribution in [0.5, 0.6) is 0 Å². The molecular weight excluding hydrogens is 341 g/mol. The fourth-order valence-corrected chi connectivity index (χ4v) is 3.21. The van der Waals surface area contributed by atoms with E-state index in [1.165, 1.54) is 0 Å². The molecule has 0 aliphatic rings. The average Bonchev–Trinajstić information content (AvgIpc) is 2.47. The van der Waals surface area contributed by atoms with Crippen LogP contribution in [0, 0.1) is 11.7 Å². The van der Waals surface area contributed by atoms with Gasteiger partial charge in [0.1, 0.15) is 11.9 Å². The Morgan fingerprint density at radius 3 is 2.42 bits per heavy atom. The van der Waals surface area contributed by atoms with Gasteiger partial charge < -0.3 is 9.84 Å². The zero-order valence-corrected chi connectivity index (χ0v) is 14.4. The lowest BCUT2D eigenvalue weighted by molar-refractivity contribution is -0.140. The minimum Gasteiger partial charge on any atom is -0.480 e. The summed E-state index contributed by atoms with van der Waals surface area (Å²) in [5, 5.41) is 9.10. The normalized spacial score (nSPS) is 12.9. The zero-order chi connectivity index (χ0) is 18.5. The number of esters is 1. The minimum absolute atomic E-state index is 0.0160. The van der Waals surface area contributed by atoms with Gasteiger partial charge in [0.05, 0.1) is 18.4 Å². The molecule has 1 atom stereocenters. The summed E-state index contributed by atoms with van der Waals surface area (Å²) in [6.07, 6.45) is -0.237. The van der Waals surface area contributed by atoms with Crippen LogP contribution in [-0.4, -0.2) is 38.6 Å². The van der Waals surface area contributed by atoms with Gasteiger partial charge in [-0.05, 0) is 30.0 Å². The van der Waals surface area contributed by atoms with E-state index in [9.17, 15) is 22.4 Å². The first-order valence-corrected chi connectivity index (χ1v) is 8.65. The highest BCUT2D eigenvalue weighted by Gasteiger charge is 2.26. The van der Waals surface area contributed by atoms with Crippen LogP contribution in [0.2, 0.25) is 0 Å². The lowest BCUT2D eigenvalue weighted by Crippen LogP contribution is -2.41. The Labute approximate surface area is 139 Å². The lowest BCUT2D eigenvalue weighted by atomic mass is 10.1. The molecule has 24 heavy (non-hydrogen) atoms. The van der Waals surface area contributed by atoms with E-state index in [1.54, 1.807) is 13.8 Å². The number of carboxylic acid groups (broad SMARTS) is 1. The van der Waals surface area contributed by atoms with Crippen molar-refractivity contribution < 1.29 is 32.2 Å². The van der Waals surface area contributed by atoms with Crippen LogP contribution in [0.4, 0.5) is 4.39 Å². The highest BCUT2D eigenvalue weighted by molar-refractivity contribution is 7.89. The molecule has 0 aromatic heterocycles. The second kappa shape index (κ2) is 8.20. The molecule has 1 aromatic carbocycles. The molecular formula is C15H20FNO6S. The Hall–Kier alpha value is -2.00. The number of carboxylic acids is 1. The molecule has 134 valence electrons. The fourth-order valence-electron chi connectivity index (χ4n) is 1.99. The maximum absolute atomic E-state index is 14.0. The first kappa shape index (κ1) is 20.0. The van der Waals surface area contributed by atoms with Crippen molar-refractivity contribution in [2.24, 2.45) is 5.92 Å². The molecule has 2 N–H and O–H groups in total. The van der Waals surface area contributed by atoms with Gasteiger partial charge in [-0.15, -0.1) is 0 Å². The third-order valence-electron chi connectivity index (χ3n) is 3.20. The van der Waals surface area contributed by atoms with Crippen LogP contribution in [0.3, 0.4) is 0 Å². The van der Waals surface area contributed by atoms with Gasteiger partial charge >= 0.3 is 11.9 Å². The molecule has 0 heterocycles. The highest BCUT2D eigenvalue weighted by atomic mass is 32.2. The van der Waals surface area contributed by atoms with Gasteiger partial charge in [0, 0.05) is 0 Å². The fraction of sp³-hybridized carbons (Fsp3) is 0.467. The summed E-state index contributed by atoms with van der Waals surface area (Å²) in [6, 6.07) is 1.69. The van der Waals surface area contributed by atoms with E-state index >= 15 is 0 Å². The quantitative estimate of drug-likeness (QED) is 0.676. The van der Waals surface area contributed by atoms with Gasteiger partial charge in [-0.2, -0.15) is 4.72 Å². The van der Waals surface area contributed by atoms with E-state index in [2.05, 4.69) is 9.46 Å². The summed E-state index contributed by atoms with van der Waals surface area (Å²) in [7, 11) is -3.05. The van der Waals surface area contributed by atoms with Crippen molar-refractivity contribution in [3.63, 3.8) is 0 Å². The van der Waals surface area contributed by atoms with Gasteiger partial charge in [0.15, 0.2) is 0 Å². The Morgan fingerprint density at radius 1 is 1.33 bits per heavy atom. The molecule has 0 saturated carbocycles. The van der Waals surface area contributed by atoms with Crippen molar-refractivity contribution in [1.82, 2.24) is 4.72 Å². The third-order valence-corrected chi connectivity index (χ3v) is 4.67. The van der Waals surface area contributed by atoms with Crippen molar-refractivity contribution in [2.45, 2.75) is 37.6 Å². The van der Waals surface area contributed by atoms with Gasteiger partial charge in [0.25, 0.3) is 0 Å². The predicted octanol–water partition coefficient (Wildman–Crippen LogP) is 1.32. The number of carbonyl (C=O) groups is 2. The van der Waals surface area contributed by atoms with E-state index in [0.29, 0.717) is 0 Å². The number of hydrogen-bond acceptors (Lipinski definition) is 5. The highest BCUT2D eigenvalue weighted by Crippen LogP contribution is 2.17. The molecule has 0 radical (unpaired) electrons. The molecule has 0 spiro atoms. The second-order valence-corrected chi connectivity index (χ2v) is 7.36. The summed E-state index contributed by atoms with van der Waals surface area (Å²) in [5.74, 6) is -2.91. The molecule has 1 aromatic rings. The molecule has 0 amide bonds. The topological polar surface area (TPSA) is 110 Å². The summed E-state index contributed by atoms with van der Waals surface area (Å²) in [5.41, 5.74) is -0.0160. The molecule has 9 heteroatoms. The largest absolute Gasteiger partial charge is 0.480 e. The van der Waals surface area contributed by atoms with E-state index < -0.39 is 38.7 Å². The number of ether oxygens (including phenoxy) is 1. The Kier molecular flexibility index (Phi) is 6.85. The number of nitrogens with one attached hydrogen (secondary N) is 1. The molecule has 0 aliphatic carbocycles. The summed E-state index contributed by atoms with van der Waals surface area (Å²) in [4.78, 5) is 21.9. The maximum Gasteiger partial charge on any atom is 0.321 e. The second-order valence-electron chi connectivity index (χ2n) is 5.65. The number of hydrogen-bond donors (Lipinski definition) is 2. The number of benzene rings is 1. The third kappa shape index (κ3) is 5.57. The first-order chi connectivity index (χ1) is 11.1. The molecule has 0 aliphatic heterocycles. The van der Waals surface area contributed by atoms with Gasteiger partial charge in [-0.3, -0.25) is 9.59 Å². The van der Waals surface area contributed by atoms with Gasteiger partial charge in [0.2, 0.25) is 10.0 Å². The molecule has 0 saturated heterocycles. The number of methoxy groups -OCH3 is 1. The lowest BCUT2D eigenvalue weighted by Gasteiger charge is -2.17. The average molecular weight is 361 g/mol. The standard InChI is InChI=1S/C15H20FNO6S/c1-9(2)6-13(15(19)20)17-24(21,22)11-5-4-10(12(16)8-11)7-14(18)23-3/h4-5,8-9,13,17H,6-7H2,1-3H3,(H,19,20)/t13-/m1/s1. The van der Waals surface area contributed by atoms with Crippen molar-refractivity contribution in [2.75, 3.05) is 7.11 Å². The van der Waals surface area contributed by atoms with Crippen LogP contribution in [-0.2, 0) is 30.8 Å². The Morgan fingerprint density at radius 2 is 1.96 bits per heavy atom. The van der Waals surface area contributed by atoms with Crippen LogP contribution in [0.25, 0.3) is 0 Å². The molecule has 7 nitrogen and oxygen atoms in total. The maximum atomic E-state index is 14.0. The number of carbonyl (C=O) groups excluding carboxylic acids is 1. The number of rotatable bonds is 8. The SMILES string of the molecule is COC(=O)Cc1ccc(S(=O)(=O)N[C@H](CC(C)C)C(=O)O)cc1F. The zero-order valence-electron chi connectivity index (χ0n) is 13.6. The Balaban J connectivity index is 3.04. The van der Waals surface area contributed by atoms with Gasteiger partial charge in [-0.25, -0.2) is 12.8 Å². The number of halogens is 1. The van der Waals surface area contributed by atoms with Crippen LogP contribution in [0.1, 0.15) is 25.8 Å². The van der Waals surface area contributed by atoms with Crippen molar-refractivity contribution in [3.8, 4) is 0 Å². The van der Waals surface area contributed by atoms with E-state index in [0.717, 1.165) is 25.3 Å². The number of aliphatic carboxylic acids is 1. The van der Waals surface area contributed by atoms with Gasteiger partial charge in [-0.1, -0.05) is 19.9 Å². The number of sulfonamides is 1. The van der Waals surface area contributed by atoms with Crippen LogP contribution >= 0.6 is 0 Å². The summed E-state index contributed by atoms with van der Waals surface area (Å²) in [6.45, 7) is 3.51. The van der Waals surface area contributed by atoms with E-state index in [1.807, 2.05) is 0 Å². The molecule has 0 unspecified atom stereocenters. The minimum atomic E-state index is -4.21. The molecule has 0 bridgehead atoms. The summed E-state index contributed by atoms with van der Waals surface area (Å²) < 4.78 is 44.9. The predicted molar refractivity (Wildman–Crippen MR) is 83.3 cm³/mol. The van der Waals surface area contributed by atoms with E-state index in [-0.39, 0.29) is 24.3 Å². The van der Waals surface area contributed by atoms with E-state index in [4.69, 9.17) is 5.11 Å². The Bertz CT molecular complexity index is 717. The van der Waals surface area contributed by atoms with Crippen molar-refractivity contribution >= 4 is 22.0 Å². The molecule has 1 rings (SSSR count).